The summed E-state index contributed by atoms with van der Waals surface area (Å²) >= 11 is 0. The molecule has 1 unspecified atom stereocenters. The van der Waals surface area contributed by atoms with Crippen LogP contribution in [0.4, 0.5) is 5.69 Å². The average molecular weight is 204 g/mol. The molecule has 0 saturated carbocycles. The summed E-state index contributed by atoms with van der Waals surface area (Å²) in [5.41, 5.74) is 9.92. The van der Waals surface area contributed by atoms with E-state index >= 15 is 0 Å². The van der Waals surface area contributed by atoms with E-state index in [9.17, 15) is 4.79 Å². The first-order chi connectivity index (χ1) is 7.09. The van der Waals surface area contributed by atoms with Gasteiger partial charge in [-0.05, 0) is 49.1 Å². The minimum absolute atomic E-state index is 0.0191. The lowest BCUT2D eigenvalue weighted by Crippen LogP contribution is -2.19. The zero-order valence-corrected chi connectivity index (χ0v) is 9.13. The molecule has 1 aromatic rings. The molecule has 1 amide bonds. The van der Waals surface area contributed by atoms with E-state index in [1.165, 1.54) is 0 Å². The lowest BCUT2D eigenvalue weighted by atomic mass is 9.89. The molecule has 1 fully saturated rings. The lowest BCUT2D eigenvalue weighted by molar-refractivity contribution is -0.120. The van der Waals surface area contributed by atoms with Crippen LogP contribution in [0.15, 0.2) is 12.1 Å². The second-order valence-electron chi connectivity index (χ2n) is 4.20. The zero-order chi connectivity index (χ0) is 11.0. The van der Waals surface area contributed by atoms with Crippen molar-refractivity contribution in [1.82, 2.24) is 5.32 Å². The molecule has 1 heterocycles. The number of carbonyl (C=O) groups excluding carboxylic acids is 1. The number of nitrogen functional groups attached to an aromatic ring is 1. The van der Waals surface area contributed by atoms with Crippen molar-refractivity contribution in [2.45, 2.75) is 26.2 Å². The first kappa shape index (κ1) is 10.0. The third-order valence-corrected chi connectivity index (χ3v) is 3.01. The topological polar surface area (TPSA) is 55.1 Å². The third-order valence-electron chi connectivity index (χ3n) is 3.01. The summed E-state index contributed by atoms with van der Waals surface area (Å²) in [5.74, 6) is 0.163. The molecule has 3 nitrogen and oxygen atoms in total. The Balaban J connectivity index is 2.47. The van der Waals surface area contributed by atoms with E-state index in [1.807, 2.05) is 26.0 Å². The quantitative estimate of drug-likeness (QED) is 0.681. The molecule has 1 aliphatic rings. The van der Waals surface area contributed by atoms with Gasteiger partial charge in [0.1, 0.15) is 0 Å². The predicted molar refractivity (Wildman–Crippen MR) is 60.7 cm³/mol. The van der Waals surface area contributed by atoms with E-state index in [0.29, 0.717) is 0 Å². The van der Waals surface area contributed by atoms with Gasteiger partial charge in [0.25, 0.3) is 0 Å². The molecule has 1 atom stereocenters. The van der Waals surface area contributed by atoms with Crippen molar-refractivity contribution >= 4 is 11.6 Å². The molecule has 0 aromatic heterocycles. The van der Waals surface area contributed by atoms with Gasteiger partial charge in [-0.1, -0.05) is 0 Å². The van der Waals surface area contributed by atoms with Gasteiger partial charge in [0, 0.05) is 12.2 Å². The first-order valence-electron chi connectivity index (χ1n) is 5.24. The van der Waals surface area contributed by atoms with E-state index in [0.717, 1.165) is 35.3 Å². The maximum atomic E-state index is 11.6. The molecule has 2 rings (SSSR count). The van der Waals surface area contributed by atoms with Crippen molar-refractivity contribution in [3.8, 4) is 0 Å². The highest BCUT2D eigenvalue weighted by Crippen LogP contribution is 2.30. The van der Waals surface area contributed by atoms with Crippen LogP contribution >= 0.6 is 0 Å². The zero-order valence-electron chi connectivity index (χ0n) is 9.13. The van der Waals surface area contributed by atoms with E-state index in [1.54, 1.807) is 0 Å². The van der Waals surface area contributed by atoms with Gasteiger partial charge in [0.05, 0.1) is 5.92 Å². The fraction of sp³-hybridized carbons (Fsp3) is 0.417. The minimum atomic E-state index is 0.0191. The fourth-order valence-corrected chi connectivity index (χ4v) is 2.43. The molecule has 3 N–H and O–H groups in total. The van der Waals surface area contributed by atoms with Crippen LogP contribution < -0.4 is 11.1 Å². The molecule has 1 aliphatic heterocycles. The van der Waals surface area contributed by atoms with Crippen molar-refractivity contribution in [1.29, 1.82) is 0 Å². The van der Waals surface area contributed by atoms with E-state index in [2.05, 4.69) is 5.32 Å². The maximum absolute atomic E-state index is 11.6. The number of nitrogens with one attached hydrogen (secondary N) is 1. The molecular formula is C12H16N2O. The van der Waals surface area contributed by atoms with E-state index < -0.39 is 0 Å². The third kappa shape index (κ3) is 1.69. The van der Waals surface area contributed by atoms with Crippen LogP contribution in [-0.2, 0) is 4.79 Å². The number of hydrogen-bond donors (Lipinski definition) is 2. The fourth-order valence-electron chi connectivity index (χ4n) is 2.43. The van der Waals surface area contributed by atoms with Gasteiger partial charge in [-0.25, -0.2) is 0 Å². The molecule has 15 heavy (non-hydrogen) atoms. The molecule has 1 aromatic carbocycles. The van der Waals surface area contributed by atoms with Gasteiger partial charge in [-0.15, -0.1) is 0 Å². The highest BCUT2D eigenvalue weighted by atomic mass is 16.2. The summed E-state index contributed by atoms with van der Waals surface area (Å²) < 4.78 is 0. The van der Waals surface area contributed by atoms with Gasteiger partial charge in [0.15, 0.2) is 0 Å². The number of benzene rings is 1. The average Bonchev–Trinajstić information content (AvgIpc) is 2.50. The van der Waals surface area contributed by atoms with Gasteiger partial charge in [-0.2, -0.15) is 0 Å². The number of anilines is 1. The van der Waals surface area contributed by atoms with Crippen molar-refractivity contribution < 1.29 is 4.79 Å². The molecule has 0 radical (unpaired) electrons. The Hall–Kier alpha value is -1.51. The summed E-state index contributed by atoms with van der Waals surface area (Å²) in [7, 11) is 0. The monoisotopic (exact) mass is 204 g/mol. The van der Waals surface area contributed by atoms with Crippen LogP contribution in [0, 0.1) is 13.8 Å². The summed E-state index contributed by atoms with van der Waals surface area (Å²) in [4.78, 5) is 11.6. The van der Waals surface area contributed by atoms with Crippen molar-refractivity contribution in [2.24, 2.45) is 0 Å². The lowest BCUT2D eigenvalue weighted by Gasteiger charge is -2.15. The molecule has 0 bridgehead atoms. The predicted octanol–water partition coefficient (Wildman–Crippen LogP) is 1.49. The van der Waals surface area contributed by atoms with Crippen LogP contribution in [0.3, 0.4) is 0 Å². The number of nitrogens with two attached hydrogens (primary N) is 1. The molecule has 0 spiro atoms. The summed E-state index contributed by atoms with van der Waals surface area (Å²) in [6.45, 7) is 4.82. The van der Waals surface area contributed by atoms with Crippen LogP contribution in [0.1, 0.15) is 29.0 Å². The maximum Gasteiger partial charge on any atom is 0.227 e. The smallest absolute Gasteiger partial charge is 0.227 e. The Morgan fingerprint density at radius 3 is 2.40 bits per heavy atom. The van der Waals surface area contributed by atoms with Gasteiger partial charge in [0.2, 0.25) is 5.91 Å². The summed E-state index contributed by atoms with van der Waals surface area (Å²) in [6, 6.07) is 3.88. The minimum Gasteiger partial charge on any atom is -0.399 e. The largest absolute Gasteiger partial charge is 0.399 e. The van der Waals surface area contributed by atoms with Crippen LogP contribution in [0.25, 0.3) is 0 Å². The van der Waals surface area contributed by atoms with Crippen molar-refractivity contribution in [3.63, 3.8) is 0 Å². The molecule has 0 aliphatic carbocycles. The van der Waals surface area contributed by atoms with E-state index in [4.69, 9.17) is 5.73 Å². The van der Waals surface area contributed by atoms with Gasteiger partial charge < -0.3 is 11.1 Å². The Morgan fingerprint density at radius 1 is 1.33 bits per heavy atom. The number of carbonyl (C=O) groups is 1. The molecule has 80 valence electrons. The Morgan fingerprint density at radius 2 is 1.93 bits per heavy atom. The second kappa shape index (κ2) is 3.57. The second-order valence-corrected chi connectivity index (χ2v) is 4.20. The summed E-state index contributed by atoms with van der Waals surface area (Å²) in [5, 5.41) is 2.87. The van der Waals surface area contributed by atoms with E-state index in [-0.39, 0.29) is 11.8 Å². The highest BCUT2D eigenvalue weighted by Gasteiger charge is 2.28. The SMILES string of the molecule is Cc1cc(N)cc(C)c1C1CCNC1=O. The highest BCUT2D eigenvalue weighted by molar-refractivity contribution is 5.86. The van der Waals surface area contributed by atoms with Crippen LogP contribution in [0.5, 0.6) is 0 Å². The normalized spacial score (nSPS) is 20.4. The standard InChI is InChI=1S/C12H16N2O/c1-7-5-9(13)6-8(2)11(7)10-3-4-14-12(10)15/h5-6,10H,3-4,13H2,1-2H3,(H,14,15). The molecule has 3 heteroatoms. The Bertz CT molecular complexity index is 389. The molecule has 1 saturated heterocycles. The first-order valence-corrected chi connectivity index (χ1v) is 5.24. The number of hydrogen-bond acceptors (Lipinski definition) is 2. The van der Waals surface area contributed by atoms with Crippen molar-refractivity contribution in [2.75, 3.05) is 12.3 Å². The van der Waals surface area contributed by atoms with Gasteiger partial charge >= 0.3 is 0 Å². The Labute approximate surface area is 89.7 Å². The number of amides is 1. The van der Waals surface area contributed by atoms with Crippen molar-refractivity contribution in [3.05, 3.63) is 28.8 Å². The summed E-state index contributed by atoms with van der Waals surface area (Å²) in [6.07, 6.45) is 0.893. The van der Waals surface area contributed by atoms with Crippen LogP contribution in [-0.4, -0.2) is 12.5 Å². The Kier molecular flexibility index (Phi) is 2.39. The van der Waals surface area contributed by atoms with Gasteiger partial charge in [-0.3, -0.25) is 4.79 Å². The molecular weight excluding hydrogens is 188 g/mol. The number of rotatable bonds is 1. The van der Waals surface area contributed by atoms with Crippen LogP contribution in [0.2, 0.25) is 0 Å². The number of aryl methyl sites for hydroxylation is 2.